The van der Waals surface area contributed by atoms with Crippen LogP contribution < -0.4 is 16.0 Å². The van der Waals surface area contributed by atoms with Crippen molar-refractivity contribution in [3.8, 4) is 11.1 Å². The van der Waals surface area contributed by atoms with Crippen LogP contribution in [-0.4, -0.2) is 24.3 Å². The standard InChI is InChI=1S/C25H22F2N4O2/c1-3-21-22(28-2)11-19(15-4-5-16-12-29-25(33)20(16)9-15)24(31-21)23(30-13-32)8-14-6-17(26)10-18(27)7-14/h3-7,9-11,13,23,28H,1,8,12H2,2H3,(H,29,33)(H,30,32). The summed E-state index contributed by atoms with van der Waals surface area (Å²) in [5, 5.41) is 8.60. The number of amides is 2. The van der Waals surface area contributed by atoms with Crippen LogP contribution in [0.3, 0.4) is 0 Å². The highest BCUT2D eigenvalue weighted by Crippen LogP contribution is 2.34. The van der Waals surface area contributed by atoms with E-state index in [9.17, 15) is 18.4 Å². The largest absolute Gasteiger partial charge is 0.386 e. The number of anilines is 1. The Balaban J connectivity index is 1.87. The Morgan fingerprint density at radius 3 is 2.58 bits per heavy atom. The Bertz CT molecular complexity index is 1240. The predicted molar refractivity (Wildman–Crippen MR) is 122 cm³/mol. The van der Waals surface area contributed by atoms with Gasteiger partial charge in [-0.3, -0.25) is 9.59 Å². The molecule has 3 N–H and O–H groups in total. The molecule has 0 radical (unpaired) electrons. The van der Waals surface area contributed by atoms with E-state index in [0.717, 1.165) is 17.2 Å². The highest BCUT2D eigenvalue weighted by molar-refractivity contribution is 5.99. The number of halogens is 2. The summed E-state index contributed by atoms with van der Waals surface area (Å²) in [5.41, 5.74) is 4.97. The smallest absolute Gasteiger partial charge is 0.251 e. The van der Waals surface area contributed by atoms with Crippen molar-refractivity contribution in [1.29, 1.82) is 0 Å². The molecule has 2 heterocycles. The van der Waals surface area contributed by atoms with Gasteiger partial charge in [-0.2, -0.15) is 0 Å². The topological polar surface area (TPSA) is 83.1 Å². The third kappa shape index (κ3) is 4.45. The molecule has 1 aliphatic rings. The highest BCUT2D eigenvalue weighted by Gasteiger charge is 2.24. The van der Waals surface area contributed by atoms with Gasteiger partial charge in [-0.05, 0) is 53.5 Å². The number of benzene rings is 2. The summed E-state index contributed by atoms with van der Waals surface area (Å²) >= 11 is 0. The Morgan fingerprint density at radius 1 is 1.15 bits per heavy atom. The zero-order valence-electron chi connectivity index (χ0n) is 17.9. The molecule has 3 aromatic rings. The minimum absolute atomic E-state index is 0.105. The molecule has 2 amide bonds. The van der Waals surface area contributed by atoms with E-state index in [-0.39, 0.29) is 12.3 Å². The van der Waals surface area contributed by atoms with Crippen LogP contribution in [0.2, 0.25) is 0 Å². The van der Waals surface area contributed by atoms with Crippen LogP contribution in [-0.2, 0) is 17.8 Å². The van der Waals surface area contributed by atoms with Gasteiger partial charge in [0, 0.05) is 30.8 Å². The third-order valence-corrected chi connectivity index (χ3v) is 5.61. The monoisotopic (exact) mass is 448 g/mol. The second-order valence-electron chi connectivity index (χ2n) is 7.68. The molecule has 1 aromatic heterocycles. The van der Waals surface area contributed by atoms with Gasteiger partial charge < -0.3 is 16.0 Å². The van der Waals surface area contributed by atoms with Gasteiger partial charge in [0.2, 0.25) is 6.41 Å². The van der Waals surface area contributed by atoms with E-state index in [0.29, 0.717) is 46.7 Å². The van der Waals surface area contributed by atoms with Gasteiger partial charge in [0.15, 0.2) is 0 Å². The van der Waals surface area contributed by atoms with E-state index < -0.39 is 17.7 Å². The lowest BCUT2D eigenvalue weighted by molar-refractivity contribution is -0.110. The normalized spacial score (nSPS) is 13.1. The molecule has 0 aliphatic carbocycles. The number of aromatic nitrogens is 1. The molecule has 4 rings (SSSR count). The minimum atomic E-state index is -0.704. The summed E-state index contributed by atoms with van der Waals surface area (Å²) in [6.07, 6.45) is 2.21. The van der Waals surface area contributed by atoms with Crippen molar-refractivity contribution < 1.29 is 18.4 Å². The van der Waals surface area contributed by atoms with Crippen molar-refractivity contribution >= 4 is 24.1 Å². The first-order chi connectivity index (χ1) is 15.9. The number of rotatable bonds is 8. The molecule has 1 atom stereocenters. The Hall–Kier alpha value is -4.07. The second-order valence-corrected chi connectivity index (χ2v) is 7.68. The second kappa shape index (κ2) is 9.20. The lowest BCUT2D eigenvalue weighted by Crippen LogP contribution is -2.24. The van der Waals surface area contributed by atoms with Crippen LogP contribution in [0.25, 0.3) is 17.2 Å². The molecule has 0 fully saturated rings. The first-order valence-corrected chi connectivity index (χ1v) is 10.3. The van der Waals surface area contributed by atoms with Crippen molar-refractivity contribution in [3.05, 3.63) is 88.8 Å². The SMILES string of the molecule is C=Cc1nc(C(Cc2cc(F)cc(F)c2)NC=O)c(-c2ccc3c(c2)C(=O)NC3)cc1NC. The molecule has 8 heteroatoms. The average molecular weight is 448 g/mol. The lowest BCUT2D eigenvalue weighted by Gasteiger charge is -2.22. The Morgan fingerprint density at radius 2 is 1.91 bits per heavy atom. The third-order valence-electron chi connectivity index (χ3n) is 5.61. The maximum absolute atomic E-state index is 13.8. The van der Waals surface area contributed by atoms with E-state index in [1.165, 1.54) is 12.1 Å². The van der Waals surface area contributed by atoms with Crippen LogP contribution in [0.5, 0.6) is 0 Å². The zero-order valence-corrected chi connectivity index (χ0v) is 17.9. The van der Waals surface area contributed by atoms with E-state index in [1.54, 1.807) is 19.2 Å². The summed E-state index contributed by atoms with van der Waals surface area (Å²) in [6, 6.07) is 9.94. The van der Waals surface area contributed by atoms with Crippen LogP contribution in [0.4, 0.5) is 14.5 Å². The average Bonchev–Trinajstić information content (AvgIpc) is 3.17. The molecular weight excluding hydrogens is 426 g/mol. The molecule has 33 heavy (non-hydrogen) atoms. The quantitative estimate of drug-likeness (QED) is 0.455. The molecule has 0 spiro atoms. The zero-order chi connectivity index (χ0) is 23.5. The molecule has 1 unspecified atom stereocenters. The number of nitrogens with one attached hydrogen (secondary N) is 3. The maximum Gasteiger partial charge on any atom is 0.251 e. The van der Waals surface area contributed by atoms with Crippen molar-refractivity contribution in [2.24, 2.45) is 0 Å². The predicted octanol–water partition coefficient (Wildman–Crippen LogP) is 3.98. The van der Waals surface area contributed by atoms with Gasteiger partial charge in [-0.25, -0.2) is 13.8 Å². The summed E-state index contributed by atoms with van der Waals surface area (Å²) in [5.74, 6) is -1.56. The number of hydrogen-bond donors (Lipinski definition) is 3. The van der Waals surface area contributed by atoms with Gasteiger partial charge in [-0.1, -0.05) is 18.7 Å². The maximum atomic E-state index is 13.8. The molecule has 6 nitrogen and oxygen atoms in total. The molecule has 0 saturated carbocycles. The molecular formula is C25H22F2N4O2. The van der Waals surface area contributed by atoms with Crippen LogP contribution in [0, 0.1) is 11.6 Å². The van der Waals surface area contributed by atoms with Crippen molar-refractivity contribution in [2.75, 3.05) is 12.4 Å². The number of carbonyl (C=O) groups excluding carboxylic acids is 2. The minimum Gasteiger partial charge on any atom is -0.386 e. The first-order valence-electron chi connectivity index (χ1n) is 10.3. The van der Waals surface area contributed by atoms with E-state index in [1.807, 2.05) is 18.2 Å². The van der Waals surface area contributed by atoms with Crippen molar-refractivity contribution in [3.63, 3.8) is 0 Å². The van der Waals surface area contributed by atoms with Crippen molar-refractivity contribution in [2.45, 2.75) is 19.0 Å². The molecule has 0 bridgehead atoms. The van der Waals surface area contributed by atoms with Crippen LogP contribution in [0.1, 0.15) is 38.9 Å². The number of carbonyl (C=O) groups is 2. The highest BCUT2D eigenvalue weighted by atomic mass is 19.1. The van der Waals surface area contributed by atoms with Crippen LogP contribution in [0.15, 0.2) is 49.0 Å². The number of fused-ring (bicyclic) bond motifs is 1. The van der Waals surface area contributed by atoms with Gasteiger partial charge in [0.05, 0.1) is 23.1 Å². The van der Waals surface area contributed by atoms with Gasteiger partial charge in [-0.15, -0.1) is 0 Å². The fraction of sp³-hybridized carbons (Fsp3) is 0.160. The lowest BCUT2D eigenvalue weighted by atomic mass is 9.93. The molecule has 2 aromatic carbocycles. The molecule has 168 valence electrons. The van der Waals surface area contributed by atoms with Gasteiger partial charge in [0.1, 0.15) is 11.6 Å². The van der Waals surface area contributed by atoms with Crippen molar-refractivity contribution in [1.82, 2.24) is 15.6 Å². The summed E-state index contributed by atoms with van der Waals surface area (Å²) in [7, 11) is 1.75. The number of hydrogen-bond acceptors (Lipinski definition) is 4. The van der Waals surface area contributed by atoms with E-state index in [4.69, 9.17) is 4.98 Å². The number of nitrogens with zero attached hydrogens (tertiary/aromatic N) is 1. The summed E-state index contributed by atoms with van der Waals surface area (Å²) < 4.78 is 27.6. The van der Waals surface area contributed by atoms with Crippen LogP contribution >= 0.6 is 0 Å². The fourth-order valence-electron chi connectivity index (χ4n) is 4.06. The molecule has 1 aliphatic heterocycles. The summed E-state index contributed by atoms with van der Waals surface area (Å²) in [4.78, 5) is 28.4. The van der Waals surface area contributed by atoms with Gasteiger partial charge in [0.25, 0.3) is 5.91 Å². The summed E-state index contributed by atoms with van der Waals surface area (Å²) in [6.45, 7) is 4.28. The molecule has 0 saturated heterocycles. The Kier molecular flexibility index (Phi) is 6.17. The van der Waals surface area contributed by atoms with E-state index >= 15 is 0 Å². The number of pyridine rings is 1. The fourth-order valence-corrected chi connectivity index (χ4v) is 4.06. The van der Waals surface area contributed by atoms with Gasteiger partial charge >= 0.3 is 0 Å². The Labute approximate surface area is 189 Å². The van der Waals surface area contributed by atoms with E-state index in [2.05, 4.69) is 22.5 Å². The first kappa shape index (κ1) is 22.1.